The molecule has 1 aromatic heterocycles. The lowest BCUT2D eigenvalue weighted by Gasteiger charge is -2.42. The van der Waals surface area contributed by atoms with E-state index in [2.05, 4.69) is 43.3 Å². The third kappa shape index (κ3) is 4.40. The standard InChI is InChI=1S/C28H31ClN2OS/c1-2-3-17-31-26(32)24-25(30-27(31)33-19-20-11-13-22(29)14-12-20)23-10-6-5-9-21(23)18-28(24)15-7-4-8-16-28/h5-6,9-14H,2-4,7-8,15-19H2,1H3. The summed E-state index contributed by atoms with van der Waals surface area (Å²) in [6.07, 6.45) is 8.86. The first-order valence-electron chi connectivity index (χ1n) is 12.2. The molecule has 0 radical (unpaired) electrons. The van der Waals surface area contributed by atoms with E-state index in [9.17, 15) is 4.79 Å². The fourth-order valence-corrected chi connectivity index (χ4v) is 6.67. The first-order chi connectivity index (χ1) is 16.1. The first kappa shape index (κ1) is 22.7. The fourth-order valence-electron chi connectivity index (χ4n) is 5.57. The molecule has 3 aromatic rings. The Labute approximate surface area is 205 Å². The van der Waals surface area contributed by atoms with Crippen LogP contribution in [0.25, 0.3) is 11.3 Å². The highest BCUT2D eigenvalue weighted by Gasteiger charge is 2.43. The second kappa shape index (κ2) is 9.68. The number of halogens is 1. The number of rotatable bonds is 6. The van der Waals surface area contributed by atoms with Crippen molar-refractivity contribution >= 4 is 23.4 Å². The van der Waals surface area contributed by atoms with Crippen LogP contribution < -0.4 is 5.56 Å². The lowest BCUT2D eigenvalue weighted by molar-refractivity contribution is 0.281. The van der Waals surface area contributed by atoms with E-state index in [0.717, 1.165) is 71.4 Å². The Balaban J connectivity index is 1.64. The van der Waals surface area contributed by atoms with E-state index >= 15 is 0 Å². The summed E-state index contributed by atoms with van der Waals surface area (Å²) in [5, 5.41) is 1.58. The van der Waals surface area contributed by atoms with Crippen molar-refractivity contribution in [2.24, 2.45) is 0 Å². The minimum atomic E-state index is -0.0562. The second-order valence-corrected chi connectivity index (χ2v) is 10.9. The zero-order chi connectivity index (χ0) is 22.8. The smallest absolute Gasteiger partial charge is 0.258 e. The van der Waals surface area contributed by atoms with Crippen molar-refractivity contribution in [2.45, 2.75) is 81.2 Å². The van der Waals surface area contributed by atoms with Crippen LogP contribution in [-0.2, 0) is 24.1 Å². The molecule has 3 nitrogen and oxygen atoms in total. The van der Waals surface area contributed by atoms with Crippen molar-refractivity contribution in [3.63, 3.8) is 0 Å². The van der Waals surface area contributed by atoms with E-state index in [1.807, 2.05) is 16.7 Å². The quantitative estimate of drug-likeness (QED) is 0.273. The molecule has 172 valence electrons. The van der Waals surface area contributed by atoms with Crippen LogP contribution >= 0.6 is 23.4 Å². The Bertz CT molecular complexity index is 1200. The number of fused-ring (bicyclic) bond motifs is 4. The SMILES string of the molecule is CCCCn1c(SCc2ccc(Cl)cc2)nc2c(c1=O)C1(CCCCC1)Cc1ccccc1-2. The maximum Gasteiger partial charge on any atom is 0.258 e. The highest BCUT2D eigenvalue weighted by atomic mass is 35.5. The molecule has 0 saturated heterocycles. The topological polar surface area (TPSA) is 34.9 Å². The molecule has 2 aliphatic rings. The molecule has 2 aliphatic carbocycles. The zero-order valence-electron chi connectivity index (χ0n) is 19.3. The molecule has 0 aliphatic heterocycles. The van der Waals surface area contributed by atoms with Crippen molar-refractivity contribution < 1.29 is 0 Å². The van der Waals surface area contributed by atoms with Crippen LogP contribution in [0.5, 0.6) is 0 Å². The van der Waals surface area contributed by atoms with Gasteiger partial charge in [-0.3, -0.25) is 9.36 Å². The number of nitrogens with zero attached hydrogens (tertiary/aromatic N) is 2. The molecule has 1 heterocycles. The van der Waals surface area contributed by atoms with Gasteiger partial charge >= 0.3 is 0 Å². The number of thioether (sulfide) groups is 1. The Morgan fingerprint density at radius 3 is 2.58 bits per heavy atom. The maximum atomic E-state index is 14.2. The van der Waals surface area contributed by atoms with Crippen molar-refractivity contribution in [1.29, 1.82) is 0 Å². The second-order valence-electron chi connectivity index (χ2n) is 9.52. The maximum absolute atomic E-state index is 14.2. The summed E-state index contributed by atoms with van der Waals surface area (Å²) in [5.41, 5.74) is 5.75. The number of hydrogen-bond acceptors (Lipinski definition) is 3. The largest absolute Gasteiger partial charge is 0.287 e. The van der Waals surface area contributed by atoms with Gasteiger partial charge in [0.1, 0.15) is 0 Å². The number of unbranched alkanes of at least 4 members (excludes halogenated alkanes) is 1. The van der Waals surface area contributed by atoms with Gasteiger partial charge in [0, 0.05) is 28.3 Å². The first-order valence-corrected chi connectivity index (χ1v) is 13.6. The zero-order valence-corrected chi connectivity index (χ0v) is 20.9. The molecule has 0 N–H and O–H groups in total. The molecule has 0 bridgehead atoms. The van der Waals surface area contributed by atoms with Gasteiger partial charge < -0.3 is 0 Å². The van der Waals surface area contributed by atoms with Gasteiger partial charge in [0.15, 0.2) is 5.16 Å². The number of hydrogen-bond donors (Lipinski definition) is 0. The summed E-state index contributed by atoms with van der Waals surface area (Å²) in [6.45, 7) is 2.91. The molecule has 5 heteroatoms. The van der Waals surface area contributed by atoms with Gasteiger partial charge in [-0.25, -0.2) is 4.98 Å². The van der Waals surface area contributed by atoms with Crippen LogP contribution in [0.4, 0.5) is 0 Å². The van der Waals surface area contributed by atoms with Gasteiger partial charge in [-0.15, -0.1) is 0 Å². The Morgan fingerprint density at radius 1 is 1.06 bits per heavy atom. The predicted molar refractivity (Wildman–Crippen MR) is 138 cm³/mol. The summed E-state index contributed by atoms with van der Waals surface area (Å²) in [5.74, 6) is 0.765. The summed E-state index contributed by atoms with van der Waals surface area (Å²) in [7, 11) is 0. The van der Waals surface area contributed by atoms with Crippen LogP contribution in [0.1, 0.15) is 68.6 Å². The molecule has 0 amide bonds. The van der Waals surface area contributed by atoms with Crippen molar-refractivity contribution in [1.82, 2.24) is 9.55 Å². The lowest BCUT2D eigenvalue weighted by Crippen LogP contribution is -2.43. The fraction of sp³-hybridized carbons (Fsp3) is 0.429. The van der Waals surface area contributed by atoms with E-state index in [4.69, 9.17) is 16.6 Å². The summed E-state index contributed by atoms with van der Waals surface area (Å²) >= 11 is 7.73. The molecular formula is C28H31ClN2OS. The Hall–Kier alpha value is -2.04. The van der Waals surface area contributed by atoms with Crippen molar-refractivity contribution in [2.75, 3.05) is 0 Å². The van der Waals surface area contributed by atoms with E-state index in [1.165, 1.54) is 30.4 Å². The molecule has 0 unspecified atom stereocenters. The third-order valence-electron chi connectivity index (χ3n) is 7.29. The van der Waals surface area contributed by atoms with Gasteiger partial charge in [0.2, 0.25) is 0 Å². The predicted octanol–water partition coefficient (Wildman–Crippen LogP) is 7.41. The molecule has 1 spiro atoms. The van der Waals surface area contributed by atoms with E-state index in [0.29, 0.717) is 0 Å². The van der Waals surface area contributed by atoms with Gasteiger partial charge in [-0.1, -0.05) is 92.4 Å². The molecule has 33 heavy (non-hydrogen) atoms. The van der Waals surface area contributed by atoms with Crippen molar-refractivity contribution in [3.05, 3.63) is 80.6 Å². The van der Waals surface area contributed by atoms with Crippen LogP contribution in [0, 0.1) is 0 Å². The van der Waals surface area contributed by atoms with Gasteiger partial charge in [-0.2, -0.15) is 0 Å². The van der Waals surface area contributed by atoms with Gasteiger partial charge in [0.05, 0.1) is 11.3 Å². The van der Waals surface area contributed by atoms with Crippen LogP contribution in [0.3, 0.4) is 0 Å². The van der Waals surface area contributed by atoms with Crippen LogP contribution in [-0.4, -0.2) is 9.55 Å². The normalized spacial score (nSPS) is 16.4. The lowest BCUT2D eigenvalue weighted by atomic mass is 9.62. The third-order valence-corrected chi connectivity index (χ3v) is 8.59. The van der Waals surface area contributed by atoms with E-state index < -0.39 is 0 Å². The highest BCUT2D eigenvalue weighted by Crippen LogP contribution is 2.48. The summed E-state index contributed by atoms with van der Waals surface area (Å²) in [6, 6.07) is 16.5. The molecule has 1 fully saturated rings. The minimum absolute atomic E-state index is 0.0562. The highest BCUT2D eigenvalue weighted by molar-refractivity contribution is 7.98. The Morgan fingerprint density at radius 2 is 1.82 bits per heavy atom. The molecule has 1 saturated carbocycles. The van der Waals surface area contributed by atoms with E-state index in [-0.39, 0.29) is 11.0 Å². The molecule has 5 rings (SSSR count). The van der Waals surface area contributed by atoms with Crippen molar-refractivity contribution in [3.8, 4) is 11.3 Å². The van der Waals surface area contributed by atoms with E-state index in [1.54, 1.807) is 11.8 Å². The molecule has 0 atom stereocenters. The monoisotopic (exact) mass is 478 g/mol. The number of aromatic nitrogens is 2. The summed E-state index contributed by atoms with van der Waals surface area (Å²) in [4.78, 5) is 19.4. The molecule has 2 aromatic carbocycles. The van der Waals surface area contributed by atoms with Gasteiger partial charge in [0.25, 0.3) is 5.56 Å². The average Bonchev–Trinajstić information content (AvgIpc) is 2.83. The number of benzene rings is 2. The average molecular weight is 479 g/mol. The molecular weight excluding hydrogens is 448 g/mol. The van der Waals surface area contributed by atoms with Gasteiger partial charge in [-0.05, 0) is 48.9 Å². The minimum Gasteiger partial charge on any atom is -0.287 e. The summed E-state index contributed by atoms with van der Waals surface area (Å²) < 4.78 is 1.98. The van der Waals surface area contributed by atoms with Crippen LogP contribution in [0.2, 0.25) is 5.02 Å². The van der Waals surface area contributed by atoms with Crippen LogP contribution in [0.15, 0.2) is 58.5 Å². The Kier molecular flexibility index (Phi) is 6.67.